The third-order valence-electron chi connectivity index (χ3n) is 5.13. The van der Waals surface area contributed by atoms with Gasteiger partial charge in [0.1, 0.15) is 11.9 Å². The highest BCUT2D eigenvalue weighted by Gasteiger charge is 2.30. The summed E-state index contributed by atoms with van der Waals surface area (Å²) >= 11 is 0. The van der Waals surface area contributed by atoms with E-state index >= 15 is 0 Å². The number of dihydropyridines is 1. The summed E-state index contributed by atoms with van der Waals surface area (Å²) < 4.78 is 12.1. The van der Waals surface area contributed by atoms with E-state index in [2.05, 4.69) is 34.9 Å². The fraction of sp³-hybridized carbons (Fsp3) is 0.318. The molecule has 0 saturated carbocycles. The zero-order valence-electron chi connectivity index (χ0n) is 15.7. The summed E-state index contributed by atoms with van der Waals surface area (Å²) in [6, 6.07) is 14.6. The average molecular weight is 380 g/mol. The normalized spacial score (nSPS) is 26.7. The topological polar surface area (TPSA) is 79.8 Å². The number of hydrogen-bond donors (Lipinski definition) is 3. The Morgan fingerprint density at radius 3 is 2.82 bits per heavy atom. The molecule has 2 aliphatic heterocycles. The number of nitrogens with one attached hydrogen (secondary N) is 2. The molecule has 6 nitrogen and oxygen atoms in total. The number of aliphatic carboxylic acids is 1. The van der Waals surface area contributed by atoms with Crippen molar-refractivity contribution in [2.45, 2.75) is 31.2 Å². The first-order valence-corrected chi connectivity index (χ1v) is 9.44. The first-order chi connectivity index (χ1) is 13.5. The van der Waals surface area contributed by atoms with Crippen molar-refractivity contribution in [1.29, 1.82) is 0 Å². The van der Waals surface area contributed by atoms with Crippen molar-refractivity contribution < 1.29 is 19.4 Å². The highest BCUT2D eigenvalue weighted by atomic mass is 16.5. The summed E-state index contributed by atoms with van der Waals surface area (Å²) in [6.45, 7) is 3.14. The van der Waals surface area contributed by atoms with E-state index in [9.17, 15) is 4.79 Å². The van der Waals surface area contributed by atoms with E-state index < -0.39 is 11.7 Å². The van der Waals surface area contributed by atoms with Crippen molar-refractivity contribution >= 4 is 16.7 Å². The third-order valence-corrected chi connectivity index (χ3v) is 5.13. The quantitative estimate of drug-likeness (QED) is 0.715. The molecule has 3 N–H and O–H groups in total. The molecule has 146 valence electrons. The summed E-state index contributed by atoms with van der Waals surface area (Å²) in [7, 11) is 0. The van der Waals surface area contributed by atoms with E-state index in [-0.39, 0.29) is 17.7 Å². The Balaban J connectivity index is 1.28. The maximum absolute atomic E-state index is 11.0. The van der Waals surface area contributed by atoms with Crippen LogP contribution >= 0.6 is 0 Å². The molecule has 4 rings (SSSR count). The van der Waals surface area contributed by atoms with Crippen LogP contribution in [-0.2, 0) is 9.53 Å². The smallest absolute Gasteiger partial charge is 0.337 e. The number of fused-ring (bicyclic) bond motifs is 1. The predicted octanol–water partition coefficient (Wildman–Crippen LogP) is 2.81. The molecule has 6 heteroatoms. The van der Waals surface area contributed by atoms with Crippen molar-refractivity contribution in [2.75, 3.05) is 13.2 Å². The zero-order chi connectivity index (χ0) is 19.6. The number of carboxylic acid groups (broad SMARTS) is 1. The third kappa shape index (κ3) is 4.18. The van der Waals surface area contributed by atoms with Crippen LogP contribution in [0.3, 0.4) is 0 Å². The summed E-state index contributed by atoms with van der Waals surface area (Å²) in [4.78, 5) is 11.0. The van der Waals surface area contributed by atoms with Crippen molar-refractivity contribution in [3.63, 3.8) is 0 Å². The molecule has 0 radical (unpaired) electrons. The van der Waals surface area contributed by atoms with Gasteiger partial charge in [0.2, 0.25) is 0 Å². The number of carboxylic acids is 1. The lowest BCUT2D eigenvalue weighted by atomic mass is 10.1. The van der Waals surface area contributed by atoms with Gasteiger partial charge in [0.05, 0.1) is 12.2 Å². The minimum absolute atomic E-state index is 0.0935. The Hall–Kier alpha value is -2.83. The molecule has 3 atom stereocenters. The van der Waals surface area contributed by atoms with Crippen LogP contribution in [0.5, 0.6) is 5.75 Å². The predicted molar refractivity (Wildman–Crippen MR) is 107 cm³/mol. The van der Waals surface area contributed by atoms with Crippen LogP contribution in [0.15, 0.2) is 66.4 Å². The van der Waals surface area contributed by atoms with Gasteiger partial charge in [0.15, 0.2) is 5.72 Å². The number of rotatable bonds is 6. The fourth-order valence-corrected chi connectivity index (χ4v) is 3.49. The van der Waals surface area contributed by atoms with Crippen molar-refractivity contribution in [2.24, 2.45) is 0 Å². The fourth-order valence-electron chi connectivity index (χ4n) is 3.49. The van der Waals surface area contributed by atoms with Crippen LogP contribution in [0.4, 0.5) is 0 Å². The maximum Gasteiger partial charge on any atom is 0.337 e. The lowest BCUT2D eigenvalue weighted by Crippen LogP contribution is -2.44. The first-order valence-electron chi connectivity index (χ1n) is 9.44. The summed E-state index contributed by atoms with van der Waals surface area (Å²) in [5, 5.41) is 17.8. The Labute approximate surface area is 163 Å². The number of hydrogen-bond acceptors (Lipinski definition) is 5. The number of ether oxygens (including phenoxy) is 2. The molecular formula is C22H24N2O4. The van der Waals surface area contributed by atoms with Crippen molar-refractivity contribution in [3.8, 4) is 5.75 Å². The Bertz CT molecular complexity index is 939. The molecule has 0 aromatic heterocycles. The van der Waals surface area contributed by atoms with Crippen LogP contribution in [0.2, 0.25) is 0 Å². The molecule has 0 spiro atoms. The second-order valence-corrected chi connectivity index (χ2v) is 7.39. The monoisotopic (exact) mass is 380 g/mol. The minimum atomic E-state index is -0.961. The van der Waals surface area contributed by atoms with Crippen molar-refractivity contribution in [1.82, 2.24) is 10.6 Å². The molecule has 2 aromatic rings. The van der Waals surface area contributed by atoms with Crippen LogP contribution in [0.25, 0.3) is 10.8 Å². The second kappa shape index (κ2) is 7.66. The van der Waals surface area contributed by atoms with E-state index in [4.69, 9.17) is 14.6 Å². The molecule has 1 fully saturated rings. The molecule has 1 unspecified atom stereocenters. The number of carbonyl (C=O) groups is 1. The standard InChI is InChI=1S/C22H24N2O4/c1-22(9-8-17(12-24-22)21(25)26)27-14-18-11-20(13-23-18)28-19-7-6-15-4-2-3-5-16(15)10-19/h2-10,12,18,20,23-24H,11,13-14H2,1H3,(H,25,26)/t18-,20-,22?/m0/s1. The van der Waals surface area contributed by atoms with Gasteiger partial charge in [-0.05, 0) is 42.0 Å². The lowest BCUT2D eigenvalue weighted by Gasteiger charge is -2.30. The van der Waals surface area contributed by atoms with E-state index in [0.29, 0.717) is 6.61 Å². The SMILES string of the molecule is CC1(OC[C@@H]2C[C@H](Oc3ccc4ccccc4c3)CN2)C=CC(C(=O)O)=CN1. The molecule has 0 bridgehead atoms. The van der Waals surface area contributed by atoms with E-state index in [1.165, 1.54) is 17.0 Å². The van der Waals surface area contributed by atoms with Crippen LogP contribution in [-0.4, -0.2) is 42.1 Å². The lowest BCUT2D eigenvalue weighted by molar-refractivity contribution is -0.132. The largest absolute Gasteiger partial charge is 0.489 e. The van der Waals surface area contributed by atoms with Gasteiger partial charge in [-0.2, -0.15) is 0 Å². The Morgan fingerprint density at radius 1 is 1.25 bits per heavy atom. The molecule has 2 aliphatic rings. The Kier molecular flexibility index (Phi) is 5.07. The van der Waals surface area contributed by atoms with E-state index in [1.54, 1.807) is 12.2 Å². The maximum atomic E-state index is 11.0. The summed E-state index contributed by atoms with van der Waals surface area (Å²) in [5.41, 5.74) is -0.498. The van der Waals surface area contributed by atoms with Crippen molar-refractivity contribution in [3.05, 3.63) is 66.4 Å². The van der Waals surface area contributed by atoms with Crippen LogP contribution in [0, 0.1) is 0 Å². The van der Waals surface area contributed by atoms with Gasteiger partial charge < -0.3 is 25.2 Å². The Morgan fingerprint density at radius 2 is 2.07 bits per heavy atom. The van der Waals surface area contributed by atoms with Gasteiger partial charge in [0, 0.05) is 25.2 Å². The zero-order valence-corrected chi connectivity index (χ0v) is 15.7. The summed E-state index contributed by atoms with van der Waals surface area (Å²) in [6.07, 6.45) is 5.70. The van der Waals surface area contributed by atoms with E-state index in [1.807, 2.05) is 25.1 Å². The van der Waals surface area contributed by atoms with Gasteiger partial charge in [-0.1, -0.05) is 30.3 Å². The van der Waals surface area contributed by atoms with Gasteiger partial charge in [-0.3, -0.25) is 0 Å². The average Bonchev–Trinajstić information content (AvgIpc) is 3.14. The van der Waals surface area contributed by atoms with Gasteiger partial charge in [-0.25, -0.2) is 4.79 Å². The second-order valence-electron chi connectivity index (χ2n) is 7.39. The molecule has 2 heterocycles. The summed E-state index contributed by atoms with van der Waals surface area (Å²) in [5.74, 6) is -0.0841. The first kappa shape index (κ1) is 18.5. The van der Waals surface area contributed by atoms with Crippen LogP contribution < -0.4 is 15.4 Å². The van der Waals surface area contributed by atoms with Crippen LogP contribution in [0.1, 0.15) is 13.3 Å². The van der Waals surface area contributed by atoms with E-state index in [0.717, 1.165) is 18.7 Å². The molecule has 2 aromatic carbocycles. The van der Waals surface area contributed by atoms with Gasteiger partial charge in [-0.15, -0.1) is 0 Å². The highest BCUT2D eigenvalue weighted by molar-refractivity contribution is 5.90. The molecule has 0 aliphatic carbocycles. The number of benzene rings is 2. The van der Waals surface area contributed by atoms with Gasteiger partial charge in [0.25, 0.3) is 0 Å². The minimum Gasteiger partial charge on any atom is -0.489 e. The molecule has 1 saturated heterocycles. The highest BCUT2D eigenvalue weighted by Crippen LogP contribution is 2.24. The molecular weight excluding hydrogens is 356 g/mol. The molecule has 28 heavy (non-hydrogen) atoms. The molecule has 0 amide bonds. The van der Waals surface area contributed by atoms with Gasteiger partial charge >= 0.3 is 5.97 Å².